The van der Waals surface area contributed by atoms with E-state index in [4.69, 9.17) is 5.84 Å². The highest BCUT2D eigenvalue weighted by molar-refractivity contribution is 5.90. The van der Waals surface area contributed by atoms with Crippen LogP contribution in [0.5, 0.6) is 0 Å². The summed E-state index contributed by atoms with van der Waals surface area (Å²) in [5.41, 5.74) is 3.42. The number of nitrogen functional groups attached to an aromatic ring is 1. The lowest BCUT2D eigenvalue weighted by Gasteiger charge is -2.22. The molecule has 1 fully saturated rings. The number of nitrogens with one attached hydrogen (secondary N) is 2. The minimum absolute atomic E-state index is 0.326. The minimum Gasteiger partial charge on any atom is -0.366 e. The highest BCUT2D eigenvalue weighted by Crippen LogP contribution is 2.22. The fraction of sp³-hybridized carbons (Fsp3) is 0.467. The molecule has 1 aliphatic rings. The summed E-state index contributed by atoms with van der Waals surface area (Å²) >= 11 is 0. The number of hydrazine groups is 1. The van der Waals surface area contributed by atoms with Gasteiger partial charge in [-0.25, -0.2) is 10.8 Å². The maximum absolute atomic E-state index is 5.46. The van der Waals surface area contributed by atoms with Crippen molar-refractivity contribution in [2.45, 2.75) is 25.8 Å². The van der Waals surface area contributed by atoms with Gasteiger partial charge in [-0.2, -0.15) is 4.98 Å². The van der Waals surface area contributed by atoms with Crippen molar-refractivity contribution < 1.29 is 0 Å². The summed E-state index contributed by atoms with van der Waals surface area (Å²) in [5.74, 6) is 6.73. The molecule has 6 heteroatoms. The molecular formula is C15H22N6. The van der Waals surface area contributed by atoms with E-state index in [0.717, 1.165) is 23.3 Å². The van der Waals surface area contributed by atoms with E-state index in [-0.39, 0.29) is 0 Å². The van der Waals surface area contributed by atoms with Crippen molar-refractivity contribution in [3.8, 4) is 0 Å². The number of hydrogen-bond donors (Lipinski definition) is 3. The lowest BCUT2D eigenvalue weighted by atomic mass is 10.2. The van der Waals surface area contributed by atoms with Gasteiger partial charge in [0.05, 0.1) is 5.52 Å². The molecule has 1 aliphatic heterocycles. The smallest absolute Gasteiger partial charge is 0.239 e. The monoisotopic (exact) mass is 286 g/mol. The molecule has 1 unspecified atom stereocenters. The van der Waals surface area contributed by atoms with Crippen LogP contribution in [0.2, 0.25) is 0 Å². The zero-order chi connectivity index (χ0) is 14.7. The summed E-state index contributed by atoms with van der Waals surface area (Å²) in [4.78, 5) is 11.3. The number of para-hydroxylation sites is 1. The van der Waals surface area contributed by atoms with Gasteiger partial charge in [-0.05, 0) is 45.0 Å². The number of hydrogen-bond acceptors (Lipinski definition) is 6. The first-order chi connectivity index (χ1) is 10.3. The molecule has 3 rings (SSSR count). The van der Waals surface area contributed by atoms with Crippen LogP contribution in [0.4, 0.5) is 11.8 Å². The third-order valence-electron chi connectivity index (χ3n) is 3.85. The van der Waals surface area contributed by atoms with E-state index in [2.05, 4.69) is 32.5 Å². The maximum Gasteiger partial charge on any atom is 0.239 e. The van der Waals surface area contributed by atoms with Crippen molar-refractivity contribution in [1.29, 1.82) is 0 Å². The van der Waals surface area contributed by atoms with Crippen LogP contribution in [0.1, 0.15) is 19.8 Å². The van der Waals surface area contributed by atoms with Gasteiger partial charge in [-0.3, -0.25) is 5.43 Å². The van der Waals surface area contributed by atoms with E-state index in [1.807, 2.05) is 24.3 Å². The van der Waals surface area contributed by atoms with Crippen molar-refractivity contribution in [1.82, 2.24) is 14.9 Å². The first kappa shape index (κ1) is 14.0. The van der Waals surface area contributed by atoms with Crippen LogP contribution in [-0.4, -0.2) is 40.5 Å². The first-order valence-corrected chi connectivity index (χ1v) is 7.48. The molecule has 1 atom stereocenters. The molecule has 0 saturated carbocycles. The van der Waals surface area contributed by atoms with Gasteiger partial charge in [0.15, 0.2) is 0 Å². The number of likely N-dealkylation sites (tertiary alicyclic amines) is 1. The Hall–Kier alpha value is -1.92. The summed E-state index contributed by atoms with van der Waals surface area (Å²) in [6.07, 6.45) is 2.62. The third kappa shape index (κ3) is 3.22. The molecule has 0 spiro atoms. The summed E-state index contributed by atoms with van der Waals surface area (Å²) in [7, 11) is 0. The average molecular weight is 286 g/mol. The lowest BCUT2D eigenvalue weighted by molar-refractivity contribution is 0.327. The fourth-order valence-electron chi connectivity index (χ4n) is 2.88. The van der Waals surface area contributed by atoms with Crippen molar-refractivity contribution in [3.05, 3.63) is 24.3 Å². The number of nitrogens with two attached hydrogens (primary N) is 1. The molecule has 112 valence electrons. The topological polar surface area (TPSA) is 79.1 Å². The zero-order valence-electron chi connectivity index (χ0n) is 12.3. The van der Waals surface area contributed by atoms with Crippen LogP contribution in [0.3, 0.4) is 0 Å². The molecule has 2 aromatic rings. The largest absolute Gasteiger partial charge is 0.366 e. The lowest BCUT2D eigenvalue weighted by Crippen LogP contribution is -2.33. The van der Waals surface area contributed by atoms with Gasteiger partial charge in [0.2, 0.25) is 5.95 Å². The van der Waals surface area contributed by atoms with Gasteiger partial charge in [0.1, 0.15) is 5.82 Å². The molecule has 1 aromatic carbocycles. The highest BCUT2D eigenvalue weighted by Gasteiger charge is 2.16. The van der Waals surface area contributed by atoms with Crippen LogP contribution in [-0.2, 0) is 0 Å². The van der Waals surface area contributed by atoms with Crippen LogP contribution in [0.25, 0.3) is 10.9 Å². The van der Waals surface area contributed by atoms with E-state index in [0.29, 0.717) is 12.0 Å². The van der Waals surface area contributed by atoms with Crippen LogP contribution >= 0.6 is 0 Å². The molecule has 0 aliphatic carbocycles. The van der Waals surface area contributed by atoms with E-state index in [1.54, 1.807) is 0 Å². The molecular weight excluding hydrogens is 264 g/mol. The van der Waals surface area contributed by atoms with Crippen molar-refractivity contribution in [3.63, 3.8) is 0 Å². The molecule has 4 N–H and O–H groups in total. The van der Waals surface area contributed by atoms with E-state index in [1.165, 1.54) is 25.9 Å². The Morgan fingerprint density at radius 3 is 2.76 bits per heavy atom. The molecule has 1 saturated heterocycles. The average Bonchev–Trinajstić information content (AvgIpc) is 2.99. The predicted molar refractivity (Wildman–Crippen MR) is 86.1 cm³/mol. The Morgan fingerprint density at radius 2 is 2.00 bits per heavy atom. The number of benzene rings is 1. The Labute approximate surface area is 124 Å². The number of fused-ring (bicyclic) bond motifs is 1. The maximum atomic E-state index is 5.46. The Morgan fingerprint density at radius 1 is 1.24 bits per heavy atom. The Bertz CT molecular complexity index is 608. The second-order valence-corrected chi connectivity index (χ2v) is 5.61. The van der Waals surface area contributed by atoms with E-state index in [9.17, 15) is 0 Å². The first-order valence-electron chi connectivity index (χ1n) is 7.48. The highest BCUT2D eigenvalue weighted by atomic mass is 15.3. The number of anilines is 2. The van der Waals surface area contributed by atoms with Gasteiger partial charge >= 0.3 is 0 Å². The van der Waals surface area contributed by atoms with Gasteiger partial charge in [0, 0.05) is 18.0 Å². The molecule has 21 heavy (non-hydrogen) atoms. The van der Waals surface area contributed by atoms with E-state index >= 15 is 0 Å². The van der Waals surface area contributed by atoms with E-state index < -0.39 is 0 Å². The van der Waals surface area contributed by atoms with Crippen LogP contribution < -0.4 is 16.6 Å². The molecule has 1 aromatic heterocycles. The van der Waals surface area contributed by atoms with Gasteiger partial charge in [-0.1, -0.05) is 12.1 Å². The SMILES string of the molecule is CC(CN1CCCC1)Nc1nc(NN)nc2ccccc12. The molecule has 6 nitrogen and oxygen atoms in total. The van der Waals surface area contributed by atoms with Crippen molar-refractivity contribution in [2.24, 2.45) is 5.84 Å². The van der Waals surface area contributed by atoms with Crippen molar-refractivity contribution in [2.75, 3.05) is 30.4 Å². The van der Waals surface area contributed by atoms with Gasteiger partial charge in [0.25, 0.3) is 0 Å². The number of aromatic nitrogens is 2. The minimum atomic E-state index is 0.326. The van der Waals surface area contributed by atoms with Gasteiger partial charge < -0.3 is 10.2 Å². The Balaban J connectivity index is 1.81. The summed E-state index contributed by atoms with van der Waals surface area (Å²) < 4.78 is 0. The second kappa shape index (κ2) is 6.24. The normalized spacial score (nSPS) is 17.0. The third-order valence-corrected chi connectivity index (χ3v) is 3.85. The summed E-state index contributed by atoms with van der Waals surface area (Å²) in [5, 5.41) is 4.52. The molecule has 0 radical (unpaired) electrons. The van der Waals surface area contributed by atoms with Crippen LogP contribution in [0.15, 0.2) is 24.3 Å². The number of nitrogens with zero attached hydrogens (tertiary/aromatic N) is 3. The summed E-state index contributed by atoms with van der Waals surface area (Å²) in [6, 6.07) is 8.28. The summed E-state index contributed by atoms with van der Waals surface area (Å²) in [6.45, 7) is 5.62. The molecule has 0 amide bonds. The quantitative estimate of drug-likeness (QED) is 0.575. The Kier molecular flexibility index (Phi) is 4.17. The zero-order valence-corrected chi connectivity index (χ0v) is 12.3. The standard InChI is InChI=1S/C15H22N6/c1-11(10-21-8-4-5-9-21)17-14-12-6-2-3-7-13(12)18-15(19-14)20-16/h2-3,6-7,11H,4-5,8-10,16H2,1H3,(H2,17,18,19,20). The number of rotatable bonds is 5. The van der Waals surface area contributed by atoms with Crippen LogP contribution in [0, 0.1) is 0 Å². The predicted octanol–water partition coefficient (Wildman–Crippen LogP) is 1.81. The molecule has 0 bridgehead atoms. The molecule has 2 heterocycles. The van der Waals surface area contributed by atoms with Crippen molar-refractivity contribution >= 4 is 22.7 Å². The second-order valence-electron chi connectivity index (χ2n) is 5.61. The fourth-order valence-corrected chi connectivity index (χ4v) is 2.88. The van der Waals surface area contributed by atoms with Gasteiger partial charge in [-0.15, -0.1) is 0 Å².